The van der Waals surface area contributed by atoms with E-state index in [0.29, 0.717) is 0 Å². The summed E-state index contributed by atoms with van der Waals surface area (Å²) in [6.07, 6.45) is 0. The molecule has 13 heavy (non-hydrogen) atoms. The van der Waals surface area contributed by atoms with E-state index < -0.39 is 19.4 Å². The third-order valence-electron chi connectivity index (χ3n) is 0.258. The number of hydrogen-bond donors (Lipinski definition) is 3. The van der Waals surface area contributed by atoms with Gasteiger partial charge in [0.15, 0.2) is 0 Å². The van der Waals surface area contributed by atoms with Crippen LogP contribution in [0.2, 0.25) is 0 Å². The molecule has 0 radical (unpaired) electrons. The third-order valence-corrected chi connectivity index (χ3v) is 0.774. The second-order valence-corrected chi connectivity index (χ2v) is 3.53. The van der Waals surface area contributed by atoms with Crippen molar-refractivity contribution >= 4 is 19.4 Å². The molecular formula is CH6Na2O8SSi. The topological polar surface area (TPSA) is 150 Å². The Labute approximate surface area is 121 Å². The minimum atomic E-state index is -4.67. The van der Waals surface area contributed by atoms with E-state index in [1.54, 1.807) is 0 Å². The summed E-state index contributed by atoms with van der Waals surface area (Å²) in [4.78, 5) is 26.4. The van der Waals surface area contributed by atoms with Gasteiger partial charge in [-0.1, -0.05) is 0 Å². The van der Waals surface area contributed by atoms with Crippen LogP contribution < -0.4 is 68.7 Å². The predicted octanol–water partition coefficient (Wildman–Crippen LogP) is -9.86. The van der Waals surface area contributed by atoms with E-state index >= 15 is 0 Å². The van der Waals surface area contributed by atoms with Crippen LogP contribution in [0.4, 0.5) is 0 Å². The minimum Gasteiger partial charge on any atom is -0.828 e. The molecular weight excluding hydrogens is 246 g/mol. The maximum atomic E-state index is 9.39. The van der Waals surface area contributed by atoms with Gasteiger partial charge in [0.05, 0.1) is 0 Å². The van der Waals surface area contributed by atoms with E-state index in [1.165, 1.54) is 0 Å². The molecule has 8 nitrogen and oxygen atoms in total. The van der Waals surface area contributed by atoms with E-state index in [9.17, 15) is 9.59 Å². The predicted molar refractivity (Wildman–Crippen MR) is 29.2 cm³/mol. The number of hydrogen-bond acceptors (Lipinski definition) is 6. The molecule has 3 N–H and O–H groups in total. The summed E-state index contributed by atoms with van der Waals surface area (Å²) in [7, 11) is -8.40. The second kappa shape index (κ2) is 10.4. The first kappa shape index (κ1) is 24.2. The van der Waals surface area contributed by atoms with Crippen LogP contribution in [0.3, 0.4) is 0 Å². The fourth-order valence-corrected chi connectivity index (χ4v) is 0. The summed E-state index contributed by atoms with van der Waals surface area (Å²) in [5.41, 5.74) is 0. The molecule has 0 rings (SSSR count). The first-order valence-electron chi connectivity index (χ1n) is 1.94. The van der Waals surface area contributed by atoms with E-state index in [0.717, 1.165) is 7.11 Å². The molecule has 0 saturated heterocycles. The largest absolute Gasteiger partial charge is 1.00 e. The molecule has 0 atom stereocenters. The van der Waals surface area contributed by atoms with Crippen molar-refractivity contribution in [3.8, 4) is 0 Å². The molecule has 0 aromatic heterocycles. The normalized spacial score (nSPS) is 10.0. The Hall–Kier alpha value is 1.93. The van der Waals surface area contributed by atoms with Gasteiger partial charge in [-0.25, -0.2) is 0 Å². The zero-order valence-corrected chi connectivity index (χ0v) is 13.1. The van der Waals surface area contributed by atoms with Crippen LogP contribution in [-0.2, 0) is 14.8 Å². The summed E-state index contributed by atoms with van der Waals surface area (Å²) in [6.45, 7) is 0. The standard InChI is InChI=1S/CH4O4Si.2Na.H2O4S/c1-5-6(2,3)4;;;1-5(2,3)4/h2H,1H3;;;(H2,1,2,3,4)/q-2;2*+1;. The van der Waals surface area contributed by atoms with Gasteiger partial charge < -0.3 is 18.8 Å². The Balaban J connectivity index is -0.0000000546. The molecule has 0 bridgehead atoms. The average molecular weight is 252 g/mol. The zero-order chi connectivity index (χ0) is 9.71. The molecule has 12 heteroatoms. The van der Waals surface area contributed by atoms with Crippen LogP contribution in [0, 0.1) is 0 Å². The Morgan fingerprint density at radius 1 is 1.23 bits per heavy atom. The van der Waals surface area contributed by atoms with Gasteiger partial charge in [-0.2, -0.15) is 8.42 Å². The van der Waals surface area contributed by atoms with E-state index in [4.69, 9.17) is 22.3 Å². The van der Waals surface area contributed by atoms with Gasteiger partial charge in [-0.15, -0.1) is 0 Å². The second-order valence-electron chi connectivity index (χ2n) is 1.18. The first-order chi connectivity index (χ1) is 4.56. The quantitative estimate of drug-likeness (QED) is 0.307. The van der Waals surface area contributed by atoms with Gasteiger partial charge in [-0.3, -0.25) is 9.11 Å². The third kappa shape index (κ3) is 81.6. The molecule has 0 aliphatic heterocycles. The van der Waals surface area contributed by atoms with E-state index in [1.807, 2.05) is 0 Å². The molecule has 0 aromatic rings. The summed E-state index contributed by atoms with van der Waals surface area (Å²) in [5.74, 6) is 0. The summed E-state index contributed by atoms with van der Waals surface area (Å²) >= 11 is 0. The van der Waals surface area contributed by atoms with E-state index in [-0.39, 0.29) is 59.1 Å². The molecule has 0 aromatic carbocycles. The number of rotatable bonds is 1. The van der Waals surface area contributed by atoms with Crippen LogP contribution in [0.5, 0.6) is 0 Å². The first-order valence-corrected chi connectivity index (χ1v) is 5.01. The van der Waals surface area contributed by atoms with Crippen molar-refractivity contribution in [3.63, 3.8) is 0 Å². The van der Waals surface area contributed by atoms with Crippen LogP contribution in [0.1, 0.15) is 0 Å². The van der Waals surface area contributed by atoms with Gasteiger partial charge in [0.1, 0.15) is 9.05 Å². The molecule has 0 aliphatic carbocycles. The van der Waals surface area contributed by atoms with Crippen LogP contribution in [0.25, 0.3) is 0 Å². The van der Waals surface area contributed by atoms with Crippen molar-refractivity contribution in [1.29, 1.82) is 0 Å². The van der Waals surface area contributed by atoms with Crippen molar-refractivity contribution in [2.45, 2.75) is 0 Å². The Kier molecular flexibility index (Phi) is 19.5. The summed E-state index contributed by atoms with van der Waals surface area (Å²) in [5, 5.41) is 0. The van der Waals surface area contributed by atoms with Gasteiger partial charge in [0, 0.05) is 7.11 Å². The van der Waals surface area contributed by atoms with E-state index in [2.05, 4.69) is 4.43 Å². The molecule has 0 amide bonds. The van der Waals surface area contributed by atoms with Crippen LogP contribution in [0.15, 0.2) is 0 Å². The maximum Gasteiger partial charge on any atom is 1.00 e. The van der Waals surface area contributed by atoms with Crippen molar-refractivity contribution in [1.82, 2.24) is 0 Å². The monoisotopic (exact) mass is 252 g/mol. The zero-order valence-electron chi connectivity index (χ0n) is 7.29. The Morgan fingerprint density at radius 3 is 1.31 bits per heavy atom. The SMILES string of the molecule is CO[Si]([O-])([O-])O.O=S(=O)(O)O.[Na+].[Na+]. The van der Waals surface area contributed by atoms with Crippen molar-refractivity contribution in [3.05, 3.63) is 0 Å². The molecule has 0 unspecified atom stereocenters. The average Bonchev–Trinajstić information content (AvgIpc) is 1.59. The molecule has 0 spiro atoms. The van der Waals surface area contributed by atoms with Crippen molar-refractivity contribution in [2.75, 3.05) is 7.11 Å². The molecule has 0 saturated carbocycles. The maximum absolute atomic E-state index is 9.39. The molecule has 0 aliphatic rings. The summed E-state index contributed by atoms with van der Waals surface area (Å²) < 4.78 is 35.1. The summed E-state index contributed by atoms with van der Waals surface area (Å²) in [6, 6.07) is 0. The Bertz CT molecular complexity index is 175. The Morgan fingerprint density at radius 2 is 1.31 bits per heavy atom. The smallest absolute Gasteiger partial charge is 0.828 e. The molecule has 70 valence electrons. The molecule has 0 heterocycles. The van der Waals surface area contributed by atoms with Gasteiger partial charge in [0.2, 0.25) is 0 Å². The fourth-order valence-electron chi connectivity index (χ4n) is 0. The van der Waals surface area contributed by atoms with Gasteiger partial charge in [0.25, 0.3) is 0 Å². The fraction of sp³-hybridized carbons (Fsp3) is 1.00. The van der Waals surface area contributed by atoms with Crippen molar-refractivity contribution < 1.29 is 95.5 Å². The molecule has 0 fully saturated rings. The van der Waals surface area contributed by atoms with Crippen LogP contribution >= 0.6 is 0 Å². The van der Waals surface area contributed by atoms with Crippen LogP contribution in [-0.4, -0.2) is 38.5 Å². The van der Waals surface area contributed by atoms with Crippen molar-refractivity contribution in [2.24, 2.45) is 0 Å². The minimum absolute atomic E-state index is 0. The van der Waals surface area contributed by atoms with Gasteiger partial charge >= 0.3 is 69.5 Å². The van der Waals surface area contributed by atoms with Gasteiger partial charge in [-0.05, 0) is 0 Å².